The number of rotatable bonds is 6. The molecular formula is C25H25N3O2. The summed E-state index contributed by atoms with van der Waals surface area (Å²) in [6.07, 6.45) is 2.69. The number of hydrazone groups is 1. The van der Waals surface area contributed by atoms with Crippen molar-refractivity contribution in [2.24, 2.45) is 5.10 Å². The molecule has 4 rings (SSSR count). The number of amides is 1. The lowest BCUT2D eigenvalue weighted by Crippen LogP contribution is -2.30. The topological polar surface area (TPSA) is 53.9 Å². The smallest absolute Gasteiger partial charge is 0.271 e. The van der Waals surface area contributed by atoms with Crippen LogP contribution in [0, 0.1) is 0 Å². The molecule has 0 atom stereocenters. The van der Waals surface area contributed by atoms with Crippen LogP contribution in [0.4, 0.5) is 0 Å². The molecule has 0 radical (unpaired) electrons. The Bertz CT molecular complexity index is 1040. The molecular weight excluding hydrogens is 374 g/mol. The molecule has 0 spiro atoms. The van der Waals surface area contributed by atoms with Crippen LogP contribution in [0.5, 0.6) is 5.75 Å². The molecule has 0 saturated carbocycles. The fourth-order valence-corrected chi connectivity index (χ4v) is 3.66. The SMILES string of the molecule is COc1cccc(C=NNC(=O)c2ccc(CN3CCc4ccccc4C3)cc2)c1. The van der Waals surface area contributed by atoms with Crippen LogP contribution in [0.3, 0.4) is 0 Å². The molecule has 5 nitrogen and oxygen atoms in total. The van der Waals surface area contributed by atoms with E-state index in [4.69, 9.17) is 4.74 Å². The Labute approximate surface area is 177 Å². The molecule has 30 heavy (non-hydrogen) atoms. The Morgan fingerprint density at radius 1 is 1.07 bits per heavy atom. The Kier molecular flexibility index (Phi) is 6.20. The summed E-state index contributed by atoms with van der Waals surface area (Å²) in [5, 5.41) is 4.04. The number of benzene rings is 3. The van der Waals surface area contributed by atoms with Gasteiger partial charge in [-0.15, -0.1) is 0 Å². The van der Waals surface area contributed by atoms with E-state index < -0.39 is 0 Å². The standard InChI is InChI=1S/C25H25N3O2/c1-30-24-8-4-5-20(15-24)16-26-27-25(29)22-11-9-19(10-12-22)17-28-14-13-21-6-2-3-7-23(21)18-28/h2-12,15-16H,13-14,17-18H2,1H3,(H,27,29). The van der Waals surface area contributed by atoms with Crippen molar-refractivity contribution in [2.75, 3.05) is 13.7 Å². The summed E-state index contributed by atoms with van der Waals surface area (Å²) < 4.78 is 5.18. The van der Waals surface area contributed by atoms with Crippen molar-refractivity contribution in [1.29, 1.82) is 0 Å². The minimum atomic E-state index is -0.229. The molecule has 1 heterocycles. The van der Waals surface area contributed by atoms with Gasteiger partial charge in [0.1, 0.15) is 5.75 Å². The molecule has 152 valence electrons. The highest BCUT2D eigenvalue weighted by Crippen LogP contribution is 2.20. The number of hydrogen-bond acceptors (Lipinski definition) is 4. The molecule has 0 aromatic heterocycles. The van der Waals surface area contributed by atoms with Gasteiger partial charge in [0.2, 0.25) is 0 Å². The van der Waals surface area contributed by atoms with Gasteiger partial charge in [0.05, 0.1) is 13.3 Å². The van der Waals surface area contributed by atoms with Crippen LogP contribution in [0.1, 0.15) is 32.6 Å². The third kappa shape index (κ3) is 4.93. The lowest BCUT2D eigenvalue weighted by molar-refractivity contribution is 0.0955. The summed E-state index contributed by atoms with van der Waals surface area (Å²) >= 11 is 0. The molecule has 1 amide bonds. The highest BCUT2D eigenvalue weighted by atomic mass is 16.5. The Hall–Kier alpha value is -3.44. The molecule has 5 heteroatoms. The van der Waals surface area contributed by atoms with Crippen LogP contribution in [-0.2, 0) is 19.5 Å². The quantitative estimate of drug-likeness (QED) is 0.503. The van der Waals surface area contributed by atoms with Gasteiger partial charge in [0, 0.05) is 25.2 Å². The molecule has 3 aromatic rings. The first-order valence-corrected chi connectivity index (χ1v) is 10.1. The molecule has 0 fully saturated rings. The third-order valence-electron chi connectivity index (χ3n) is 5.31. The summed E-state index contributed by atoms with van der Waals surface area (Å²) in [6, 6.07) is 23.9. The van der Waals surface area contributed by atoms with Gasteiger partial charge in [-0.2, -0.15) is 5.10 Å². The first-order valence-electron chi connectivity index (χ1n) is 10.1. The highest BCUT2D eigenvalue weighted by molar-refractivity contribution is 5.94. The Balaban J connectivity index is 1.32. The van der Waals surface area contributed by atoms with Crippen LogP contribution in [0.2, 0.25) is 0 Å². The van der Waals surface area contributed by atoms with Gasteiger partial charge in [-0.05, 0) is 52.9 Å². The van der Waals surface area contributed by atoms with Crippen molar-refractivity contribution < 1.29 is 9.53 Å². The van der Waals surface area contributed by atoms with E-state index in [2.05, 4.69) is 39.7 Å². The molecule has 0 unspecified atom stereocenters. The average molecular weight is 399 g/mol. The maximum Gasteiger partial charge on any atom is 0.271 e. The summed E-state index contributed by atoms with van der Waals surface area (Å²) in [4.78, 5) is 14.8. The maximum absolute atomic E-state index is 12.3. The van der Waals surface area contributed by atoms with Crippen molar-refractivity contribution in [3.8, 4) is 5.75 Å². The van der Waals surface area contributed by atoms with E-state index in [0.717, 1.165) is 37.4 Å². The predicted molar refractivity (Wildman–Crippen MR) is 119 cm³/mol. The number of carbonyl (C=O) groups excluding carboxylic acids is 1. The monoisotopic (exact) mass is 399 g/mol. The number of fused-ring (bicyclic) bond motifs is 1. The summed E-state index contributed by atoms with van der Waals surface area (Å²) in [6.45, 7) is 2.90. The van der Waals surface area contributed by atoms with E-state index in [1.54, 1.807) is 13.3 Å². The normalized spacial score (nSPS) is 13.8. The average Bonchev–Trinajstić information content (AvgIpc) is 2.79. The van der Waals surface area contributed by atoms with E-state index in [9.17, 15) is 4.79 Å². The number of methoxy groups -OCH3 is 1. The second-order valence-electron chi connectivity index (χ2n) is 7.40. The molecule has 1 aliphatic heterocycles. The van der Waals surface area contributed by atoms with Gasteiger partial charge in [-0.3, -0.25) is 9.69 Å². The first-order chi connectivity index (χ1) is 14.7. The van der Waals surface area contributed by atoms with E-state index in [0.29, 0.717) is 5.56 Å². The van der Waals surface area contributed by atoms with Crippen molar-refractivity contribution in [1.82, 2.24) is 10.3 Å². The van der Waals surface area contributed by atoms with Crippen LogP contribution < -0.4 is 10.2 Å². The molecule has 0 bridgehead atoms. The van der Waals surface area contributed by atoms with Crippen molar-refractivity contribution >= 4 is 12.1 Å². The van der Waals surface area contributed by atoms with Gasteiger partial charge >= 0.3 is 0 Å². The Morgan fingerprint density at radius 2 is 1.87 bits per heavy atom. The second-order valence-corrected chi connectivity index (χ2v) is 7.40. The molecule has 3 aromatic carbocycles. The zero-order valence-corrected chi connectivity index (χ0v) is 17.0. The van der Waals surface area contributed by atoms with Crippen LogP contribution in [0.25, 0.3) is 0 Å². The molecule has 1 aliphatic rings. The predicted octanol–water partition coefficient (Wildman–Crippen LogP) is 4.02. The Morgan fingerprint density at radius 3 is 2.67 bits per heavy atom. The van der Waals surface area contributed by atoms with Crippen molar-refractivity contribution in [3.05, 3.63) is 101 Å². The third-order valence-corrected chi connectivity index (χ3v) is 5.31. The molecule has 0 aliphatic carbocycles. The highest BCUT2D eigenvalue weighted by Gasteiger charge is 2.15. The molecule has 1 N–H and O–H groups in total. The van der Waals surface area contributed by atoms with E-state index in [-0.39, 0.29) is 5.91 Å². The summed E-state index contributed by atoms with van der Waals surface area (Å²) in [7, 11) is 1.62. The van der Waals surface area contributed by atoms with Gasteiger partial charge in [-0.1, -0.05) is 48.5 Å². The zero-order chi connectivity index (χ0) is 20.8. The van der Waals surface area contributed by atoms with Crippen LogP contribution in [-0.4, -0.2) is 30.7 Å². The van der Waals surface area contributed by atoms with Gasteiger partial charge in [0.25, 0.3) is 5.91 Å². The zero-order valence-electron chi connectivity index (χ0n) is 17.0. The number of nitrogens with one attached hydrogen (secondary N) is 1. The van der Waals surface area contributed by atoms with Gasteiger partial charge < -0.3 is 4.74 Å². The van der Waals surface area contributed by atoms with E-state index >= 15 is 0 Å². The van der Waals surface area contributed by atoms with Crippen LogP contribution in [0.15, 0.2) is 77.9 Å². The van der Waals surface area contributed by atoms with Gasteiger partial charge in [-0.25, -0.2) is 5.43 Å². The lowest BCUT2D eigenvalue weighted by atomic mass is 9.99. The van der Waals surface area contributed by atoms with Crippen LogP contribution >= 0.6 is 0 Å². The largest absolute Gasteiger partial charge is 0.497 e. The maximum atomic E-state index is 12.3. The summed E-state index contributed by atoms with van der Waals surface area (Å²) in [5.74, 6) is 0.519. The van der Waals surface area contributed by atoms with E-state index in [1.165, 1.54) is 16.7 Å². The summed E-state index contributed by atoms with van der Waals surface area (Å²) in [5.41, 5.74) is 8.08. The minimum absolute atomic E-state index is 0.229. The fourth-order valence-electron chi connectivity index (χ4n) is 3.66. The lowest BCUT2D eigenvalue weighted by Gasteiger charge is -2.28. The number of ether oxygens (including phenoxy) is 1. The fraction of sp³-hybridized carbons (Fsp3) is 0.200. The van der Waals surface area contributed by atoms with E-state index in [1.807, 2.05) is 48.5 Å². The minimum Gasteiger partial charge on any atom is -0.497 e. The first kappa shape index (κ1) is 19.9. The number of hydrogen-bond donors (Lipinski definition) is 1. The number of carbonyl (C=O) groups is 1. The number of nitrogens with zero attached hydrogens (tertiary/aromatic N) is 2. The van der Waals surface area contributed by atoms with Crippen molar-refractivity contribution in [2.45, 2.75) is 19.5 Å². The van der Waals surface area contributed by atoms with Gasteiger partial charge in [0.15, 0.2) is 0 Å². The molecule has 0 saturated heterocycles. The second kappa shape index (κ2) is 9.37. The van der Waals surface area contributed by atoms with Crippen molar-refractivity contribution in [3.63, 3.8) is 0 Å².